The summed E-state index contributed by atoms with van der Waals surface area (Å²) < 4.78 is 0. The maximum atomic E-state index is 8.70. The van der Waals surface area contributed by atoms with Gasteiger partial charge in [-0.1, -0.05) is 6.92 Å². The van der Waals surface area contributed by atoms with Crippen molar-refractivity contribution in [2.24, 2.45) is 0 Å². The van der Waals surface area contributed by atoms with Crippen molar-refractivity contribution in [3.63, 3.8) is 0 Å². The summed E-state index contributed by atoms with van der Waals surface area (Å²) in [5.41, 5.74) is 1.38. The highest BCUT2D eigenvalue weighted by molar-refractivity contribution is 5.40. The van der Waals surface area contributed by atoms with Gasteiger partial charge in [0.25, 0.3) is 0 Å². The van der Waals surface area contributed by atoms with E-state index in [2.05, 4.69) is 11.8 Å². The number of rotatable bonds is 2. The maximum absolute atomic E-state index is 8.70. The molecule has 14 heavy (non-hydrogen) atoms. The highest BCUT2D eigenvalue weighted by Crippen LogP contribution is 2.19. The molecule has 74 valence electrons. The summed E-state index contributed by atoms with van der Waals surface area (Å²) in [5.74, 6) is 0. The number of likely N-dealkylation sites (tertiary alicyclic amines) is 1. The first-order chi connectivity index (χ1) is 6.81. The fourth-order valence-corrected chi connectivity index (χ4v) is 1.80. The van der Waals surface area contributed by atoms with Crippen molar-refractivity contribution in [3.05, 3.63) is 11.1 Å². The van der Waals surface area contributed by atoms with Crippen LogP contribution in [0.2, 0.25) is 0 Å². The molecule has 0 aromatic rings. The van der Waals surface area contributed by atoms with Crippen LogP contribution in [0.25, 0.3) is 0 Å². The second-order valence-electron chi connectivity index (χ2n) is 3.54. The van der Waals surface area contributed by atoms with Gasteiger partial charge < -0.3 is 4.90 Å². The molecule has 1 saturated heterocycles. The second kappa shape index (κ2) is 5.42. The summed E-state index contributed by atoms with van der Waals surface area (Å²) in [6.07, 6.45) is 2.94. The average molecular weight is 189 g/mol. The summed E-state index contributed by atoms with van der Waals surface area (Å²) in [5, 5.41) is 17.4. The molecule has 0 unspecified atom stereocenters. The molecule has 0 amide bonds. The summed E-state index contributed by atoms with van der Waals surface area (Å²) in [6, 6.07) is 3.94. The minimum atomic E-state index is 0.334. The van der Waals surface area contributed by atoms with Gasteiger partial charge in [0, 0.05) is 13.1 Å². The third-order valence-electron chi connectivity index (χ3n) is 2.58. The maximum Gasteiger partial charge on any atom is 0.128 e. The highest BCUT2D eigenvalue weighted by atomic mass is 15.1. The predicted molar refractivity (Wildman–Crippen MR) is 54.2 cm³/mol. The molecule has 0 aliphatic carbocycles. The fourth-order valence-electron chi connectivity index (χ4n) is 1.80. The molecule has 0 spiro atoms. The van der Waals surface area contributed by atoms with Crippen molar-refractivity contribution in [2.45, 2.75) is 26.2 Å². The second-order valence-corrected chi connectivity index (χ2v) is 3.54. The predicted octanol–water partition coefficient (Wildman–Crippen LogP) is 1.84. The van der Waals surface area contributed by atoms with Gasteiger partial charge in [-0.25, -0.2) is 0 Å². The first-order valence-electron chi connectivity index (χ1n) is 5.06. The van der Waals surface area contributed by atoms with Gasteiger partial charge in [-0.2, -0.15) is 10.5 Å². The Morgan fingerprint density at radius 3 is 2.29 bits per heavy atom. The lowest BCUT2D eigenvalue weighted by Gasteiger charge is -2.27. The van der Waals surface area contributed by atoms with Gasteiger partial charge in [0.1, 0.15) is 17.7 Å². The van der Waals surface area contributed by atoms with E-state index in [1.807, 2.05) is 12.1 Å². The summed E-state index contributed by atoms with van der Waals surface area (Å²) in [6.45, 7) is 5.29. The zero-order valence-corrected chi connectivity index (χ0v) is 8.58. The lowest BCUT2D eigenvalue weighted by Crippen LogP contribution is -2.31. The minimum absolute atomic E-state index is 0.334. The van der Waals surface area contributed by atoms with Crippen LogP contribution >= 0.6 is 0 Å². The lowest BCUT2D eigenvalue weighted by molar-refractivity contribution is 0.256. The third-order valence-corrected chi connectivity index (χ3v) is 2.58. The van der Waals surface area contributed by atoms with Gasteiger partial charge in [0.2, 0.25) is 0 Å². The third kappa shape index (κ3) is 2.58. The summed E-state index contributed by atoms with van der Waals surface area (Å²) >= 11 is 0. The molecule has 0 bridgehead atoms. The molecule has 1 aliphatic heterocycles. The molecule has 0 saturated carbocycles. The van der Waals surface area contributed by atoms with E-state index in [0.717, 1.165) is 38.0 Å². The number of hydrogen-bond acceptors (Lipinski definition) is 3. The van der Waals surface area contributed by atoms with Gasteiger partial charge in [0.05, 0.1) is 0 Å². The first kappa shape index (κ1) is 10.8. The average Bonchev–Trinajstić information content (AvgIpc) is 2.23. The Bertz CT molecular complexity index is 277. The Morgan fingerprint density at radius 2 is 1.86 bits per heavy atom. The van der Waals surface area contributed by atoms with Gasteiger partial charge in [0.15, 0.2) is 0 Å². The van der Waals surface area contributed by atoms with Crippen molar-refractivity contribution in [2.75, 3.05) is 19.6 Å². The van der Waals surface area contributed by atoms with Crippen LogP contribution in [0.4, 0.5) is 0 Å². The van der Waals surface area contributed by atoms with Gasteiger partial charge >= 0.3 is 0 Å². The van der Waals surface area contributed by atoms with Crippen LogP contribution in [0.3, 0.4) is 0 Å². The number of allylic oxidation sites excluding steroid dienone is 1. The van der Waals surface area contributed by atoms with Crippen LogP contribution in [0, 0.1) is 22.7 Å². The molecule has 0 N–H and O–H groups in total. The molecule has 0 aromatic carbocycles. The van der Waals surface area contributed by atoms with Crippen LogP contribution in [0.5, 0.6) is 0 Å². The highest BCUT2D eigenvalue weighted by Gasteiger charge is 2.15. The zero-order chi connectivity index (χ0) is 10.4. The van der Waals surface area contributed by atoms with Crippen LogP contribution in [0.1, 0.15) is 26.2 Å². The molecule has 0 radical (unpaired) electrons. The lowest BCUT2D eigenvalue weighted by atomic mass is 9.99. The molecule has 1 aliphatic rings. The fraction of sp³-hybridized carbons (Fsp3) is 0.636. The Hall–Kier alpha value is -1.32. The van der Waals surface area contributed by atoms with E-state index in [-0.39, 0.29) is 0 Å². The standard InChI is InChI=1S/C11H15N3/c1-2-5-14-6-3-10(4-7-14)11(8-12)9-13/h2-7H2,1H3. The van der Waals surface area contributed by atoms with E-state index in [1.54, 1.807) is 0 Å². The zero-order valence-electron chi connectivity index (χ0n) is 8.58. The Balaban J connectivity index is 2.56. The first-order valence-corrected chi connectivity index (χ1v) is 5.06. The largest absolute Gasteiger partial charge is 0.303 e. The SMILES string of the molecule is CCCN1CCC(=C(C#N)C#N)CC1. The monoisotopic (exact) mass is 189 g/mol. The van der Waals surface area contributed by atoms with Gasteiger partial charge in [-0.05, 0) is 31.4 Å². The molecule has 3 nitrogen and oxygen atoms in total. The molecule has 1 fully saturated rings. The van der Waals surface area contributed by atoms with Crippen LogP contribution in [-0.4, -0.2) is 24.5 Å². The Labute approximate surface area is 85.2 Å². The number of nitrogens with zero attached hydrogens (tertiary/aromatic N) is 3. The topological polar surface area (TPSA) is 50.8 Å². The molecule has 3 heteroatoms. The number of hydrogen-bond donors (Lipinski definition) is 0. The van der Waals surface area contributed by atoms with E-state index >= 15 is 0 Å². The van der Waals surface area contributed by atoms with E-state index < -0.39 is 0 Å². The summed E-state index contributed by atoms with van der Waals surface area (Å²) in [4.78, 5) is 2.38. The van der Waals surface area contributed by atoms with E-state index in [0.29, 0.717) is 5.57 Å². The number of piperidine rings is 1. The minimum Gasteiger partial charge on any atom is -0.303 e. The van der Waals surface area contributed by atoms with Crippen molar-refractivity contribution in [3.8, 4) is 12.1 Å². The van der Waals surface area contributed by atoms with Crippen molar-refractivity contribution >= 4 is 0 Å². The Morgan fingerprint density at radius 1 is 1.29 bits per heavy atom. The molecule has 1 rings (SSSR count). The summed E-state index contributed by atoms with van der Waals surface area (Å²) in [7, 11) is 0. The van der Waals surface area contributed by atoms with Crippen LogP contribution < -0.4 is 0 Å². The van der Waals surface area contributed by atoms with Gasteiger partial charge in [-0.15, -0.1) is 0 Å². The van der Waals surface area contributed by atoms with E-state index in [1.165, 1.54) is 6.42 Å². The number of nitriles is 2. The van der Waals surface area contributed by atoms with Crippen LogP contribution in [0.15, 0.2) is 11.1 Å². The van der Waals surface area contributed by atoms with Crippen molar-refractivity contribution in [1.29, 1.82) is 10.5 Å². The molecule has 0 atom stereocenters. The molecular formula is C11H15N3. The van der Waals surface area contributed by atoms with Crippen LogP contribution in [-0.2, 0) is 0 Å². The van der Waals surface area contributed by atoms with E-state index in [4.69, 9.17) is 10.5 Å². The molecule has 1 heterocycles. The smallest absolute Gasteiger partial charge is 0.128 e. The Kier molecular flexibility index (Phi) is 4.16. The molecular weight excluding hydrogens is 174 g/mol. The quantitative estimate of drug-likeness (QED) is 0.623. The molecule has 0 aromatic heterocycles. The van der Waals surface area contributed by atoms with Crippen molar-refractivity contribution in [1.82, 2.24) is 4.90 Å². The van der Waals surface area contributed by atoms with Crippen molar-refractivity contribution < 1.29 is 0 Å². The van der Waals surface area contributed by atoms with E-state index in [9.17, 15) is 0 Å². The van der Waals surface area contributed by atoms with Gasteiger partial charge in [-0.3, -0.25) is 0 Å². The normalized spacial score (nSPS) is 17.2.